The van der Waals surface area contributed by atoms with Gasteiger partial charge in [-0.3, -0.25) is 15.0 Å². The van der Waals surface area contributed by atoms with Crippen LogP contribution in [0.3, 0.4) is 0 Å². The van der Waals surface area contributed by atoms with Gasteiger partial charge in [0.1, 0.15) is 0 Å². The summed E-state index contributed by atoms with van der Waals surface area (Å²) < 4.78 is 43.7. The van der Waals surface area contributed by atoms with Crippen LogP contribution in [-0.4, -0.2) is 40.3 Å². The van der Waals surface area contributed by atoms with Gasteiger partial charge in [-0.25, -0.2) is 0 Å². The van der Waals surface area contributed by atoms with Gasteiger partial charge in [0, 0.05) is 18.7 Å². The second-order valence-corrected chi connectivity index (χ2v) is 6.34. The lowest BCUT2D eigenvalue weighted by Crippen LogP contribution is -2.33. The van der Waals surface area contributed by atoms with E-state index in [1.807, 2.05) is 0 Å². The van der Waals surface area contributed by atoms with E-state index < -0.39 is 29.8 Å². The number of benzene rings is 1. The summed E-state index contributed by atoms with van der Waals surface area (Å²) in [6.45, 7) is 1.82. The molecule has 0 unspecified atom stereocenters. The molecule has 2 aromatic rings. The summed E-state index contributed by atoms with van der Waals surface area (Å²) in [5, 5.41) is 16.1. The Morgan fingerprint density at radius 1 is 1.42 bits per heavy atom. The van der Waals surface area contributed by atoms with Crippen molar-refractivity contribution in [3.63, 3.8) is 0 Å². The van der Waals surface area contributed by atoms with Crippen molar-refractivity contribution in [3.8, 4) is 0 Å². The SMILES string of the molecule is Cc1cc(NC(=O)CN2C[C@H](O)C[C@H]2c2cccc(C(F)(F)F)c2)on1. The van der Waals surface area contributed by atoms with Crippen LogP contribution in [0.15, 0.2) is 34.9 Å². The highest BCUT2D eigenvalue weighted by Crippen LogP contribution is 2.36. The molecule has 0 saturated carbocycles. The Labute approximate surface area is 147 Å². The van der Waals surface area contributed by atoms with Crippen molar-refractivity contribution in [2.24, 2.45) is 0 Å². The zero-order valence-electron chi connectivity index (χ0n) is 14.0. The Morgan fingerprint density at radius 3 is 2.85 bits per heavy atom. The number of likely N-dealkylation sites (tertiary alicyclic amines) is 1. The number of rotatable bonds is 4. The van der Waals surface area contributed by atoms with E-state index in [1.165, 1.54) is 6.07 Å². The monoisotopic (exact) mass is 369 g/mol. The molecule has 2 N–H and O–H groups in total. The van der Waals surface area contributed by atoms with Crippen LogP contribution in [0, 0.1) is 6.92 Å². The second kappa shape index (κ2) is 7.08. The Bertz CT molecular complexity index is 791. The van der Waals surface area contributed by atoms with Crippen molar-refractivity contribution in [2.75, 3.05) is 18.4 Å². The number of nitrogens with one attached hydrogen (secondary N) is 1. The molecule has 0 aliphatic carbocycles. The smallest absolute Gasteiger partial charge is 0.392 e. The Balaban J connectivity index is 1.73. The first-order valence-electron chi connectivity index (χ1n) is 8.05. The molecule has 1 aromatic heterocycles. The fourth-order valence-electron chi connectivity index (χ4n) is 3.11. The van der Waals surface area contributed by atoms with Crippen LogP contribution >= 0.6 is 0 Å². The van der Waals surface area contributed by atoms with Gasteiger partial charge in [-0.15, -0.1) is 0 Å². The number of hydrogen-bond acceptors (Lipinski definition) is 5. The number of aryl methyl sites for hydroxylation is 1. The highest BCUT2D eigenvalue weighted by atomic mass is 19.4. The summed E-state index contributed by atoms with van der Waals surface area (Å²) >= 11 is 0. The number of carbonyl (C=O) groups is 1. The summed E-state index contributed by atoms with van der Waals surface area (Å²) in [5.41, 5.74) is 0.274. The zero-order valence-corrected chi connectivity index (χ0v) is 14.0. The van der Waals surface area contributed by atoms with Crippen molar-refractivity contribution in [3.05, 3.63) is 47.2 Å². The van der Waals surface area contributed by atoms with Gasteiger partial charge in [0.2, 0.25) is 11.8 Å². The summed E-state index contributed by atoms with van der Waals surface area (Å²) in [4.78, 5) is 13.8. The normalized spacial score (nSPS) is 21.1. The first-order chi connectivity index (χ1) is 12.2. The molecular formula is C17H18F3N3O3. The van der Waals surface area contributed by atoms with Crippen LogP contribution in [0.2, 0.25) is 0 Å². The molecule has 6 nitrogen and oxygen atoms in total. The molecule has 1 saturated heterocycles. The van der Waals surface area contributed by atoms with E-state index >= 15 is 0 Å². The number of β-amino-alcohol motifs (C(OH)–C–C–N with tert-alkyl or cyclic N) is 1. The molecule has 0 radical (unpaired) electrons. The minimum absolute atomic E-state index is 0.0856. The third-order valence-electron chi connectivity index (χ3n) is 4.22. The maximum atomic E-state index is 12.9. The number of amides is 1. The molecule has 1 amide bonds. The fraction of sp³-hybridized carbons (Fsp3) is 0.412. The first-order valence-corrected chi connectivity index (χ1v) is 8.05. The second-order valence-electron chi connectivity index (χ2n) is 6.34. The summed E-state index contributed by atoms with van der Waals surface area (Å²) in [6.07, 6.45) is -4.90. The topological polar surface area (TPSA) is 78.6 Å². The Morgan fingerprint density at radius 2 is 2.19 bits per heavy atom. The maximum Gasteiger partial charge on any atom is 0.416 e. The van der Waals surface area contributed by atoms with Crippen molar-refractivity contribution >= 4 is 11.8 Å². The lowest BCUT2D eigenvalue weighted by Gasteiger charge is -2.24. The van der Waals surface area contributed by atoms with Gasteiger partial charge in [0.15, 0.2) is 0 Å². The molecule has 1 aliphatic rings. The molecule has 9 heteroatoms. The van der Waals surface area contributed by atoms with Crippen molar-refractivity contribution < 1.29 is 27.6 Å². The summed E-state index contributed by atoms with van der Waals surface area (Å²) in [6, 6.07) is 6.04. The van der Waals surface area contributed by atoms with Gasteiger partial charge in [-0.1, -0.05) is 17.3 Å². The fourth-order valence-corrected chi connectivity index (χ4v) is 3.11. The Hall–Kier alpha value is -2.39. The minimum atomic E-state index is -4.44. The van der Waals surface area contributed by atoms with Crippen LogP contribution in [0.4, 0.5) is 19.1 Å². The lowest BCUT2D eigenvalue weighted by atomic mass is 10.0. The van der Waals surface area contributed by atoms with Crippen molar-refractivity contribution in [2.45, 2.75) is 31.7 Å². The van der Waals surface area contributed by atoms with E-state index in [9.17, 15) is 23.1 Å². The van der Waals surface area contributed by atoms with Crippen LogP contribution in [-0.2, 0) is 11.0 Å². The third kappa shape index (κ3) is 4.23. The third-order valence-corrected chi connectivity index (χ3v) is 4.22. The number of hydrogen-bond donors (Lipinski definition) is 2. The average Bonchev–Trinajstić information content (AvgIpc) is 3.12. The average molecular weight is 369 g/mol. The zero-order chi connectivity index (χ0) is 18.9. The molecule has 0 bridgehead atoms. The molecule has 1 aliphatic heterocycles. The number of carbonyl (C=O) groups excluding carboxylic acids is 1. The molecule has 140 valence electrons. The molecular weight excluding hydrogens is 351 g/mol. The van der Waals surface area contributed by atoms with Crippen molar-refractivity contribution in [1.29, 1.82) is 0 Å². The molecule has 2 heterocycles. The largest absolute Gasteiger partial charge is 0.416 e. The molecule has 0 spiro atoms. The standard InChI is InChI=1S/C17H18F3N3O3/c1-10-5-16(26-22-10)21-15(25)9-23-8-13(24)7-14(23)11-3-2-4-12(6-11)17(18,19)20/h2-6,13-14,24H,7-9H2,1H3,(H,21,25)/t13-,14+/m1/s1. The number of aliphatic hydroxyl groups excluding tert-OH is 1. The van der Waals surface area contributed by atoms with E-state index in [0.29, 0.717) is 11.3 Å². The van der Waals surface area contributed by atoms with E-state index in [4.69, 9.17) is 4.52 Å². The van der Waals surface area contributed by atoms with E-state index in [1.54, 1.807) is 24.0 Å². The maximum absolute atomic E-state index is 12.9. The van der Waals surface area contributed by atoms with E-state index in [0.717, 1.165) is 12.1 Å². The summed E-state index contributed by atoms with van der Waals surface area (Å²) in [7, 11) is 0. The van der Waals surface area contributed by atoms with E-state index in [2.05, 4.69) is 10.5 Å². The minimum Gasteiger partial charge on any atom is -0.392 e. The van der Waals surface area contributed by atoms with Gasteiger partial charge in [-0.2, -0.15) is 13.2 Å². The number of aliphatic hydroxyl groups is 1. The van der Waals surface area contributed by atoms with Crippen LogP contribution in [0.5, 0.6) is 0 Å². The van der Waals surface area contributed by atoms with Crippen LogP contribution in [0.1, 0.15) is 29.3 Å². The molecule has 3 rings (SSSR count). The Kier molecular flexibility index (Phi) is 5.01. The van der Waals surface area contributed by atoms with Gasteiger partial charge in [-0.05, 0) is 31.0 Å². The van der Waals surface area contributed by atoms with Crippen LogP contribution in [0.25, 0.3) is 0 Å². The predicted molar refractivity (Wildman–Crippen MR) is 86.3 cm³/mol. The van der Waals surface area contributed by atoms with Crippen LogP contribution < -0.4 is 5.32 Å². The van der Waals surface area contributed by atoms with Gasteiger partial charge < -0.3 is 9.63 Å². The number of nitrogens with zero attached hydrogens (tertiary/aromatic N) is 2. The lowest BCUT2D eigenvalue weighted by molar-refractivity contribution is -0.137. The van der Waals surface area contributed by atoms with E-state index in [-0.39, 0.29) is 25.4 Å². The predicted octanol–water partition coefficient (Wildman–Crippen LogP) is 2.75. The quantitative estimate of drug-likeness (QED) is 0.867. The number of halogens is 3. The summed E-state index contributed by atoms with van der Waals surface area (Å²) in [5.74, 6) is -0.199. The number of anilines is 1. The first kappa shape index (κ1) is 18.4. The van der Waals surface area contributed by atoms with Crippen molar-refractivity contribution in [1.82, 2.24) is 10.1 Å². The molecule has 1 fully saturated rings. The molecule has 26 heavy (non-hydrogen) atoms. The number of aromatic nitrogens is 1. The number of alkyl halides is 3. The molecule has 1 aromatic carbocycles. The van der Waals surface area contributed by atoms with Gasteiger partial charge >= 0.3 is 6.18 Å². The highest BCUT2D eigenvalue weighted by Gasteiger charge is 2.36. The van der Waals surface area contributed by atoms with Gasteiger partial charge in [0.05, 0.1) is 23.9 Å². The highest BCUT2D eigenvalue weighted by molar-refractivity contribution is 5.91. The molecule has 2 atom stereocenters. The van der Waals surface area contributed by atoms with Gasteiger partial charge in [0.25, 0.3) is 0 Å².